The van der Waals surface area contributed by atoms with E-state index in [0.29, 0.717) is 19.0 Å². The first-order valence-corrected chi connectivity index (χ1v) is 12.5. The van der Waals surface area contributed by atoms with Gasteiger partial charge in [-0.2, -0.15) is 10.4 Å². The fourth-order valence-corrected chi connectivity index (χ4v) is 5.33. The molecule has 2 fully saturated rings. The number of anilines is 1. The average Bonchev–Trinajstić information content (AvgIpc) is 3.44. The van der Waals surface area contributed by atoms with Crippen molar-refractivity contribution in [3.63, 3.8) is 0 Å². The lowest BCUT2D eigenvalue weighted by Gasteiger charge is -2.35. The summed E-state index contributed by atoms with van der Waals surface area (Å²) in [6, 6.07) is 6.67. The summed E-state index contributed by atoms with van der Waals surface area (Å²) in [7, 11) is 0. The minimum Gasteiger partial charge on any atom is -0.377 e. The molecule has 0 aromatic carbocycles. The van der Waals surface area contributed by atoms with Gasteiger partial charge in [-0.15, -0.1) is 5.10 Å². The van der Waals surface area contributed by atoms with E-state index in [1.54, 1.807) is 6.20 Å². The molecule has 9 nitrogen and oxygen atoms in total. The van der Waals surface area contributed by atoms with Crippen molar-refractivity contribution in [2.24, 2.45) is 0 Å². The molecule has 10 heteroatoms. The maximum atomic E-state index is 9.99. The van der Waals surface area contributed by atoms with Gasteiger partial charge in [0.2, 0.25) is 0 Å². The van der Waals surface area contributed by atoms with Crippen LogP contribution in [0.4, 0.5) is 5.82 Å². The molecule has 0 amide bonds. The van der Waals surface area contributed by atoms with Gasteiger partial charge in [-0.05, 0) is 74.8 Å². The normalized spacial score (nSPS) is 22.0. The van der Waals surface area contributed by atoms with Gasteiger partial charge in [-0.3, -0.25) is 0 Å². The molecule has 5 heterocycles. The summed E-state index contributed by atoms with van der Waals surface area (Å²) in [6.07, 6.45) is 4.79. The van der Waals surface area contributed by atoms with Crippen molar-refractivity contribution in [2.75, 3.05) is 31.3 Å². The van der Waals surface area contributed by atoms with Crippen molar-refractivity contribution in [1.29, 1.82) is 5.26 Å². The van der Waals surface area contributed by atoms with Crippen LogP contribution in [0.2, 0.25) is 0 Å². The van der Waals surface area contributed by atoms with Crippen LogP contribution in [0.5, 0.6) is 0 Å². The molecule has 1 unspecified atom stereocenters. The van der Waals surface area contributed by atoms with Crippen LogP contribution in [0.3, 0.4) is 0 Å². The van der Waals surface area contributed by atoms with Crippen LogP contribution >= 0.6 is 22.6 Å². The molecule has 0 N–H and O–H groups in total. The van der Waals surface area contributed by atoms with Gasteiger partial charge < -0.3 is 14.4 Å². The van der Waals surface area contributed by atoms with E-state index in [9.17, 15) is 5.26 Å². The minimum atomic E-state index is -0.710. The van der Waals surface area contributed by atoms with Gasteiger partial charge in [-0.1, -0.05) is 0 Å². The third-order valence-corrected chi connectivity index (χ3v) is 7.24. The standard InChI is InChI=1S/C23H28IN7O2/c1-15-13-32-11-9-29(15)18-12-16(23(2,3)14-25)20-21(24)27-22(31(20)28-18)17-7-8-26-30(17)19-6-4-5-10-33-19/h7-8,12,15,19H,4-6,9-11,13H2,1-3H3/t15-,19?/m1/s1. The summed E-state index contributed by atoms with van der Waals surface area (Å²) in [4.78, 5) is 7.17. The number of morpholine rings is 1. The Labute approximate surface area is 206 Å². The number of nitrogens with zero attached hydrogens (tertiary/aromatic N) is 7. The zero-order chi connectivity index (χ0) is 23.2. The lowest BCUT2D eigenvalue weighted by atomic mass is 9.86. The highest BCUT2D eigenvalue weighted by Crippen LogP contribution is 2.36. The molecule has 0 radical (unpaired) electrons. The number of imidazole rings is 1. The molecule has 33 heavy (non-hydrogen) atoms. The number of fused-ring (bicyclic) bond motifs is 1. The van der Waals surface area contributed by atoms with Crippen LogP contribution in [-0.2, 0) is 14.9 Å². The maximum Gasteiger partial charge on any atom is 0.181 e. The van der Waals surface area contributed by atoms with E-state index in [1.807, 2.05) is 29.1 Å². The first-order valence-electron chi connectivity index (χ1n) is 11.4. The van der Waals surface area contributed by atoms with Crippen LogP contribution in [0, 0.1) is 15.0 Å². The van der Waals surface area contributed by atoms with Crippen molar-refractivity contribution >= 4 is 33.9 Å². The van der Waals surface area contributed by atoms with Crippen molar-refractivity contribution in [3.8, 4) is 17.6 Å². The van der Waals surface area contributed by atoms with Crippen molar-refractivity contribution in [2.45, 2.75) is 57.7 Å². The highest BCUT2D eigenvalue weighted by molar-refractivity contribution is 14.1. The molecule has 0 spiro atoms. The predicted molar refractivity (Wildman–Crippen MR) is 132 cm³/mol. The van der Waals surface area contributed by atoms with Crippen LogP contribution in [0.25, 0.3) is 17.0 Å². The molecular weight excluding hydrogens is 533 g/mol. The predicted octanol–water partition coefficient (Wildman–Crippen LogP) is 3.92. The van der Waals surface area contributed by atoms with E-state index in [2.05, 4.69) is 51.6 Å². The fraction of sp³-hybridized carbons (Fsp3) is 0.565. The average molecular weight is 561 g/mol. The van der Waals surface area contributed by atoms with Crippen LogP contribution in [0.15, 0.2) is 18.3 Å². The second kappa shape index (κ2) is 8.85. The SMILES string of the molecule is C[C@@H]1COCCN1c1cc(C(C)(C)C#N)c2c(I)nc(-c3ccnn3C3CCCCO3)n2n1. The number of nitriles is 1. The minimum absolute atomic E-state index is 0.105. The smallest absolute Gasteiger partial charge is 0.181 e. The molecule has 0 saturated carbocycles. The van der Waals surface area contributed by atoms with E-state index in [0.717, 1.165) is 58.7 Å². The molecule has 3 aromatic rings. The van der Waals surface area contributed by atoms with Gasteiger partial charge in [0.1, 0.15) is 20.7 Å². The van der Waals surface area contributed by atoms with Gasteiger partial charge in [0, 0.05) is 24.9 Å². The number of hydrogen-bond donors (Lipinski definition) is 0. The zero-order valence-corrected chi connectivity index (χ0v) is 21.3. The summed E-state index contributed by atoms with van der Waals surface area (Å²) in [5.74, 6) is 1.53. The molecule has 0 bridgehead atoms. The molecule has 0 aliphatic carbocycles. The Morgan fingerprint density at radius 1 is 1.27 bits per heavy atom. The van der Waals surface area contributed by atoms with Crippen LogP contribution in [-0.4, -0.2) is 56.8 Å². The summed E-state index contributed by atoms with van der Waals surface area (Å²) in [5, 5.41) is 19.6. The van der Waals surface area contributed by atoms with E-state index in [1.165, 1.54) is 0 Å². The fourth-order valence-electron chi connectivity index (χ4n) is 4.59. The number of hydrogen-bond acceptors (Lipinski definition) is 7. The van der Waals surface area contributed by atoms with Crippen LogP contribution in [0.1, 0.15) is 51.8 Å². The van der Waals surface area contributed by atoms with Crippen molar-refractivity contribution in [1.82, 2.24) is 24.4 Å². The molecule has 2 saturated heterocycles. The Morgan fingerprint density at radius 3 is 2.85 bits per heavy atom. The molecular formula is C23H28IN7O2. The van der Waals surface area contributed by atoms with Gasteiger partial charge in [0.15, 0.2) is 12.1 Å². The highest BCUT2D eigenvalue weighted by atomic mass is 127. The Kier molecular flexibility index (Phi) is 6.05. The summed E-state index contributed by atoms with van der Waals surface area (Å²) < 4.78 is 16.3. The van der Waals surface area contributed by atoms with Gasteiger partial charge in [0.25, 0.3) is 0 Å². The highest BCUT2D eigenvalue weighted by Gasteiger charge is 2.31. The molecule has 3 aromatic heterocycles. The monoisotopic (exact) mass is 561 g/mol. The zero-order valence-electron chi connectivity index (χ0n) is 19.2. The second-order valence-corrected chi connectivity index (χ2v) is 10.3. The lowest BCUT2D eigenvalue weighted by molar-refractivity contribution is -0.0384. The van der Waals surface area contributed by atoms with Crippen LogP contribution < -0.4 is 4.90 Å². The third kappa shape index (κ3) is 4.00. The Hall–Kier alpha value is -2.23. The largest absolute Gasteiger partial charge is 0.377 e. The first-order chi connectivity index (χ1) is 15.9. The van der Waals surface area contributed by atoms with Gasteiger partial charge >= 0.3 is 0 Å². The quantitative estimate of drug-likeness (QED) is 0.446. The Balaban J connectivity index is 1.72. The number of ether oxygens (including phenoxy) is 2. The molecule has 174 valence electrons. The molecule has 2 atom stereocenters. The maximum absolute atomic E-state index is 9.99. The van der Waals surface area contributed by atoms with Crippen molar-refractivity contribution in [3.05, 3.63) is 27.6 Å². The van der Waals surface area contributed by atoms with Gasteiger partial charge in [-0.25, -0.2) is 14.2 Å². The Bertz CT molecular complexity index is 1210. The summed E-state index contributed by atoms with van der Waals surface area (Å²) in [5.41, 5.74) is 1.93. The molecule has 2 aliphatic heterocycles. The second-order valence-electron chi connectivity index (χ2n) is 9.24. The van der Waals surface area contributed by atoms with E-state index < -0.39 is 5.41 Å². The van der Waals surface area contributed by atoms with E-state index in [-0.39, 0.29) is 12.3 Å². The molecule has 2 aliphatic rings. The first kappa shape index (κ1) is 22.6. The number of halogens is 1. The van der Waals surface area contributed by atoms with Gasteiger partial charge in [0.05, 0.1) is 30.7 Å². The topological polar surface area (TPSA) is 93.5 Å². The third-order valence-electron chi connectivity index (χ3n) is 6.49. The lowest BCUT2D eigenvalue weighted by Crippen LogP contribution is -2.44. The van der Waals surface area contributed by atoms with E-state index in [4.69, 9.17) is 19.6 Å². The van der Waals surface area contributed by atoms with Crippen molar-refractivity contribution < 1.29 is 9.47 Å². The Morgan fingerprint density at radius 2 is 2.12 bits per heavy atom. The molecule has 5 rings (SSSR count). The number of rotatable bonds is 4. The summed E-state index contributed by atoms with van der Waals surface area (Å²) in [6.45, 7) is 8.81. The number of aromatic nitrogens is 5. The van der Waals surface area contributed by atoms with E-state index >= 15 is 0 Å². The summed E-state index contributed by atoms with van der Waals surface area (Å²) >= 11 is 2.25.